The lowest BCUT2D eigenvalue weighted by molar-refractivity contribution is -0.131. The molecule has 76 valence electrons. The van der Waals surface area contributed by atoms with Crippen LogP contribution in [0.5, 0.6) is 0 Å². The van der Waals surface area contributed by atoms with Gasteiger partial charge in [-0.3, -0.25) is 9.59 Å². The molecule has 0 aliphatic carbocycles. The van der Waals surface area contributed by atoms with E-state index in [1.54, 1.807) is 0 Å². The van der Waals surface area contributed by atoms with E-state index >= 15 is 0 Å². The fourth-order valence-corrected chi connectivity index (χ4v) is 0.881. The third kappa shape index (κ3) is 3.57. The van der Waals surface area contributed by atoms with E-state index in [2.05, 4.69) is 0 Å². The molecule has 0 aliphatic heterocycles. The fraction of sp³-hybridized carbons (Fsp3) is 0.800. The summed E-state index contributed by atoms with van der Waals surface area (Å²) < 4.78 is 0. The van der Waals surface area contributed by atoms with Gasteiger partial charge in [0.15, 0.2) is 0 Å². The van der Waals surface area contributed by atoms with Crippen LogP contribution >= 0.6 is 0 Å². The van der Waals surface area contributed by atoms with E-state index < -0.39 is 5.91 Å². The minimum absolute atomic E-state index is 0.112. The van der Waals surface area contributed by atoms with E-state index in [-0.39, 0.29) is 30.0 Å². The van der Waals surface area contributed by atoms with Gasteiger partial charge < -0.3 is 5.73 Å². The first kappa shape index (κ1) is 12.1. The zero-order chi connectivity index (χ0) is 10.6. The summed E-state index contributed by atoms with van der Waals surface area (Å²) >= 11 is 0. The van der Waals surface area contributed by atoms with Gasteiger partial charge in [0, 0.05) is 18.3 Å². The predicted octanol–water partition coefficient (Wildman–Crippen LogP) is 1.50. The molecule has 0 unspecified atom stereocenters. The van der Waals surface area contributed by atoms with Crippen molar-refractivity contribution in [3.05, 3.63) is 0 Å². The Labute approximate surface area is 79.7 Å². The van der Waals surface area contributed by atoms with Gasteiger partial charge in [-0.05, 0) is 5.92 Å². The van der Waals surface area contributed by atoms with Crippen LogP contribution in [0.25, 0.3) is 0 Å². The Hall–Kier alpha value is -0.860. The van der Waals surface area contributed by atoms with E-state index in [4.69, 9.17) is 5.73 Å². The Morgan fingerprint density at radius 2 is 1.69 bits per heavy atom. The molecule has 0 aromatic rings. The van der Waals surface area contributed by atoms with Crippen LogP contribution in [0.3, 0.4) is 0 Å². The molecule has 0 radical (unpaired) electrons. The van der Waals surface area contributed by atoms with Crippen molar-refractivity contribution < 1.29 is 9.59 Å². The molecule has 0 heterocycles. The smallest absolute Gasteiger partial charge is 0.217 e. The van der Waals surface area contributed by atoms with Crippen molar-refractivity contribution in [1.29, 1.82) is 0 Å². The van der Waals surface area contributed by atoms with Crippen LogP contribution in [0, 0.1) is 11.3 Å². The van der Waals surface area contributed by atoms with Crippen molar-refractivity contribution >= 4 is 11.7 Å². The molecule has 13 heavy (non-hydrogen) atoms. The second-order valence-electron chi connectivity index (χ2n) is 4.27. The van der Waals surface area contributed by atoms with Gasteiger partial charge in [-0.15, -0.1) is 0 Å². The molecule has 0 aromatic carbocycles. The molecule has 3 heteroatoms. The molecule has 3 nitrogen and oxygen atoms in total. The van der Waals surface area contributed by atoms with Crippen LogP contribution in [0.2, 0.25) is 0 Å². The number of hydrogen-bond acceptors (Lipinski definition) is 2. The van der Waals surface area contributed by atoms with Gasteiger partial charge >= 0.3 is 0 Å². The van der Waals surface area contributed by atoms with Crippen LogP contribution in [0.4, 0.5) is 0 Å². The Kier molecular flexibility index (Phi) is 4.11. The predicted molar refractivity (Wildman–Crippen MR) is 52.1 cm³/mol. The minimum atomic E-state index is -0.409. The van der Waals surface area contributed by atoms with Crippen LogP contribution in [-0.2, 0) is 9.59 Å². The number of Topliss-reactive ketones (excluding diaryl/α,β-unsaturated/α-hetero) is 1. The second-order valence-corrected chi connectivity index (χ2v) is 4.27. The average Bonchev–Trinajstić information content (AvgIpc) is 1.99. The lowest BCUT2D eigenvalue weighted by Gasteiger charge is -2.27. The number of rotatable bonds is 5. The quantitative estimate of drug-likeness (QED) is 0.705. The summed E-state index contributed by atoms with van der Waals surface area (Å²) in [6.45, 7) is 7.81. The summed E-state index contributed by atoms with van der Waals surface area (Å²) in [6, 6.07) is 0. The molecular weight excluding hydrogens is 166 g/mol. The number of primary amides is 1. The summed E-state index contributed by atoms with van der Waals surface area (Å²) in [6.07, 6.45) is 0.426. The molecule has 0 saturated heterocycles. The summed E-state index contributed by atoms with van der Waals surface area (Å²) in [5.41, 5.74) is 4.62. The molecule has 1 amide bonds. The first-order valence-electron chi connectivity index (χ1n) is 4.60. The molecule has 0 rings (SSSR count). The lowest BCUT2D eigenvalue weighted by atomic mass is 9.76. The number of nitrogens with two attached hydrogens (primary N) is 1. The van der Waals surface area contributed by atoms with E-state index in [0.29, 0.717) is 0 Å². The van der Waals surface area contributed by atoms with E-state index in [1.807, 2.05) is 27.7 Å². The van der Waals surface area contributed by atoms with Gasteiger partial charge in [0.05, 0.1) is 0 Å². The first-order valence-corrected chi connectivity index (χ1v) is 4.60. The summed E-state index contributed by atoms with van der Waals surface area (Å²) in [5.74, 6) is -0.0120. The maximum absolute atomic E-state index is 11.6. The van der Waals surface area contributed by atoms with Crippen LogP contribution in [0.1, 0.15) is 40.5 Å². The second kappa shape index (κ2) is 4.40. The Bertz CT molecular complexity index is 207. The molecule has 0 aliphatic rings. The van der Waals surface area contributed by atoms with Crippen molar-refractivity contribution in [3.8, 4) is 0 Å². The monoisotopic (exact) mass is 185 g/mol. The lowest BCUT2D eigenvalue weighted by Crippen LogP contribution is -2.30. The average molecular weight is 185 g/mol. The molecule has 2 N–H and O–H groups in total. The summed E-state index contributed by atoms with van der Waals surface area (Å²) in [4.78, 5) is 22.1. The minimum Gasteiger partial charge on any atom is -0.370 e. The highest BCUT2D eigenvalue weighted by Gasteiger charge is 2.30. The van der Waals surface area contributed by atoms with Crippen molar-refractivity contribution in [2.45, 2.75) is 40.5 Å². The van der Waals surface area contributed by atoms with Gasteiger partial charge in [-0.25, -0.2) is 0 Å². The number of carbonyl (C=O) groups excluding carboxylic acids is 2. The highest BCUT2D eigenvalue weighted by Crippen LogP contribution is 2.28. The van der Waals surface area contributed by atoms with Crippen molar-refractivity contribution in [2.75, 3.05) is 0 Å². The number of amides is 1. The van der Waals surface area contributed by atoms with Crippen LogP contribution in [-0.4, -0.2) is 11.7 Å². The van der Waals surface area contributed by atoms with Crippen molar-refractivity contribution in [2.24, 2.45) is 17.1 Å². The molecule has 0 atom stereocenters. The van der Waals surface area contributed by atoms with Gasteiger partial charge in [-0.2, -0.15) is 0 Å². The molecule has 0 saturated carbocycles. The van der Waals surface area contributed by atoms with E-state index in [0.717, 1.165) is 0 Å². The summed E-state index contributed by atoms with van der Waals surface area (Å²) in [7, 11) is 0. The topological polar surface area (TPSA) is 60.2 Å². The molecule has 0 bridgehead atoms. The first-order chi connectivity index (χ1) is 5.78. The molecule has 0 aromatic heterocycles. The Balaban J connectivity index is 4.18. The van der Waals surface area contributed by atoms with Gasteiger partial charge in [-0.1, -0.05) is 27.7 Å². The fourth-order valence-electron chi connectivity index (χ4n) is 0.881. The third-order valence-corrected chi connectivity index (χ3v) is 2.76. The molecule has 0 fully saturated rings. The molecule has 0 spiro atoms. The Morgan fingerprint density at radius 3 is 2.00 bits per heavy atom. The van der Waals surface area contributed by atoms with E-state index in [1.165, 1.54) is 0 Å². The SMILES string of the molecule is CC(C)C(C)(C)C(=O)CCC(N)=O. The Morgan fingerprint density at radius 1 is 1.23 bits per heavy atom. The van der Waals surface area contributed by atoms with E-state index in [9.17, 15) is 9.59 Å². The van der Waals surface area contributed by atoms with Crippen LogP contribution < -0.4 is 5.73 Å². The van der Waals surface area contributed by atoms with Gasteiger partial charge in [0.1, 0.15) is 5.78 Å². The van der Waals surface area contributed by atoms with Crippen molar-refractivity contribution in [3.63, 3.8) is 0 Å². The largest absolute Gasteiger partial charge is 0.370 e. The standard InChI is InChI=1S/C10H19NO2/c1-7(2)10(3,4)8(12)5-6-9(11)13/h7H,5-6H2,1-4H3,(H2,11,13). The maximum atomic E-state index is 11.6. The highest BCUT2D eigenvalue weighted by atomic mass is 16.1. The molecular formula is C10H19NO2. The number of hydrogen-bond donors (Lipinski definition) is 1. The zero-order valence-electron chi connectivity index (χ0n) is 8.89. The third-order valence-electron chi connectivity index (χ3n) is 2.76. The van der Waals surface area contributed by atoms with Gasteiger partial charge in [0.2, 0.25) is 5.91 Å². The van der Waals surface area contributed by atoms with Crippen LogP contribution in [0.15, 0.2) is 0 Å². The summed E-state index contributed by atoms with van der Waals surface area (Å²) in [5, 5.41) is 0. The zero-order valence-corrected chi connectivity index (χ0v) is 8.89. The van der Waals surface area contributed by atoms with Gasteiger partial charge in [0.25, 0.3) is 0 Å². The maximum Gasteiger partial charge on any atom is 0.217 e. The van der Waals surface area contributed by atoms with Crippen molar-refractivity contribution in [1.82, 2.24) is 0 Å². The number of carbonyl (C=O) groups is 2. The number of ketones is 1. The normalized spacial score (nSPS) is 11.8. The highest BCUT2D eigenvalue weighted by molar-refractivity contribution is 5.88.